The molecule has 0 bridgehead atoms. The van der Waals surface area contributed by atoms with E-state index >= 15 is 0 Å². The number of anilines is 1. The maximum absolute atomic E-state index is 13.9. The highest BCUT2D eigenvalue weighted by molar-refractivity contribution is 5.47. The summed E-state index contributed by atoms with van der Waals surface area (Å²) < 4.78 is 19.3. The van der Waals surface area contributed by atoms with Crippen LogP contribution in [0.3, 0.4) is 0 Å². The van der Waals surface area contributed by atoms with Crippen LogP contribution in [0.4, 0.5) is 10.1 Å². The molecular formula is C20H26FN2O+. The number of hydrogen-bond acceptors (Lipinski definition) is 2. The molecule has 3 rings (SSSR count). The zero-order valence-corrected chi connectivity index (χ0v) is 14.7. The molecule has 0 atom stereocenters. The predicted molar refractivity (Wildman–Crippen MR) is 95.5 cm³/mol. The fraction of sp³-hybridized carbons (Fsp3) is 0.400. The van der Waals surface area contributed by atoms with Crippen LogP contribution in [0.2, 0.25) is 0 Å². The van der Waals surface area contributed by atoms with Crippen LogP contribution in [0.25, 0.3) is 0 Å². The van der Waals surface area contributed by atoms with E-state index in [0.717, 1.165) is 44.2 Å². The summed E-state index contributed by atoms with van der Waals surface area (Å²) in [4.78, 5) is 3.71. The van der Waals surface area contributed by atoms with Crippen LogP contribution in [0.5, 0.6) is 5.75 Å². The standard InChI is InChI=1S/C20H25FN2O/c1-15-16(2)20(24-3)9-8-17(15)14-22-10-12-23(13-11-22)19-7-5-4-6-18(19)21/h4-9H,10-14H2,1-3H3/p+1. The molecule has 2 aromatic rings. The van der Waals surface area contributed by atoms with Crippen molar-refractivity contribution in [2.24, 2.45) is 0 Å². The van der Waals surface area contributed by atoms with Gasteiger partial charge in [0.1, 0.15) is 18.1 Å². The molecule has 1 saturated heterocycles. The van der Waals surface area contributed by atoms with E-state index in [1.165, 1.54) is 22.8 Å². The fourth-order valence-electron chi connectivity index (χ4n) is 3.48. The van der Waals surface area contributed by atoms with E-state index in [-0.39, 0.29) is 5.82 Å². The maximum Gasteiger partial charge on any atom is 0.146 e. The molecule has 0 amide bonds. The van der Waals surface area contributed by atoms with Gasteiger partial charge in [-0.1, -0.05) is 12.1 Å². The van der Waals surface area contributed by atoms with Crippen LogP contribution in [0, 0.1) is 19.7 Å². The SMILES string of the molecule is COc1ccc(C[NH+]2CCN(c3ccccc3F)CC2)c(C)c1C. The number of hydrogen-bond donors (Lipinski definition) is 1. The third kappa shape index (κ3) is 3.39. The first-order chi connectivity index (χ1) is 11.6. The molecule has 2 aromatic carbocycles. The second-order valence-electron chi connectivity index (χ2n) is 6.54. The van der Waals surface area contributed by atoms with Gasteiger partial charge in [-0.05, 0) is 49.2 Å². The summed E-state index contributed by atoms with van der Waals surface area (Å²) in [5, 5.41) is 0. The largest absolute Gasteiger partial charge is 0.496 e. The van der Waals surface area contributed by atoms with E-state index in [9.17, 15) is 4.39 Å². The lowest BCUT2D eigenvalue weighted by Crippen LogP contribution is -3.13. The van der Waals surface area contributed by atoms with Crippen molar-refractivity contribution in [3.05, 3.63) is 58.9 Å². The number of para-hydroxylation sites is 1. The first-order valence-corrected chi connectivity index (χ1v) is 8.56. The Morgan fingerprint density at radius 1 is 1.04 bits per heavy atom. The lowest BCUT2D eigenvalue weighted by molar-refractivity contribution is -0.914. The van der Waals surface area contributed by atoms with Gasteiger partial charge in [-0.15, -0.1) is 0 Å². The first-order valence-electron chi connectivity index (χ1n) is 8.56. The first kappa shape index (κ1) is 16.8. The van der Waals surface area contributed by atoms with Gasteiger partial charge in [0.05, 0.1) is 39.0 Å². The average Bonchev–Trinajstić information content (AvgIpc) is 2.60. The van der Waals surface area contributed by atoms with Crippen molar-refractivity contribution < 1.29 is 14.0 Å². The highest BCUT2D eigenvalue weighted by Crippen LogP contribution is 2.23. The van der Waals surface area contributed by atoms with Gasteiger partial charge in [0.15, 0.2) is 0 Å². The van der Waals surface area contributed by atoms with E-state index in [0.29, 0.717) is 0 Å². The molecule has 0 radical (unpaired) electrons. The molecule has 1 heterocycles. The van der Waals surface area contributed by atoms with E-state index in [2.05, 4.69) is 30.9 Å². The number of nitrogens with one attached hydrogen (secondary N) is 1. The molecule has 1 N–H and O–H groups in total. The molecule has 24 heavy (non-hydrogen) atoms. The molecule has 1 aliphatic heterocycles. The number of methoxy groups -OCH3 is 1. The van der Waals surface area contributed by atoms with Gasteiger partial charge in [0, 0.05) is 5.56 Å². The van der Waals surface area contributed by atoms with Crippen molar-refractivity contribution in [3.63, 3.8) is 0 Å². The molecule has 0 aromatic heterocycles. The van der Waals surface area contributed by atoms with Crippen molar-refractivity contribution in [2.45, 2.75) is 20.4 Å². The maximum atomic E-state index is 13.9. The van der Waals surface area contributed by atoms with E-state index < -0.39 is 0 Å². The highest BCUT2D eigenvalue weighted by atomic mass is 19.1. The molecule has 0 spiro atoms. The van der Waals surface area contributed by atoms with Gasteiger partial charge in [-0.25, -0.2) is 4.39 Å². The minimum Gasteiger partial charge on any atom is -0.496 e. The van der Waals surface area contributed by atoms with Crippen molar-refractivity contribution in [1.82, 2.24) is 0 Å². The number of rotatable bonds is 4. The Balaban J connectivity index is 1.64. The van der Waals surface area contributed by atoms with Crippen LogP contribution in [0.15, 0.2) is 36.4 Å². The smallest absolute Gasteiger partial charge is 0.146 e. The molecule has 0 saturated carbocycles. The minimum absolute atomic E-state index is 0.123. The molecule has 128 valence electrons. The van der Waals surface area contributed by atoms with Crippen molar-refractivity contribution in [2.75, 3.05) is 38.2 Å². The number of ether oxygens (including phenoxy) is 1. The number of halogens is 1. The van der Waals surface area contributed by atoms with Gasteiger partial charge in [-0.2, -0.15) is 0 Å². The summed E-state index contributed by atoms with van der Waals surface area (Å²) in [5.41, 5.74) is 4.65. The van der Waals surface area contributed by atoms with Gasteiger partial charge >= 0.3 is 0 Å². The molecule has 3 nitrogen and oxygen atoms in total. The van der Waals surface area contributed by atoms with Crippen LogP contribution < -0.4 is 14.5 Å². The quantitative estimate of drug-likeness (QED) is 0.927. The molecule has 4 heteroatoms. The van der Waals surface area contributed by atoms with Crippen LogP contribution in [0.1, 0.15) is 16.7 Å². The number of nitrogens with zero attached hydrogens (tertiary/aromatic N) is 1. The van der Waals surface area contributed by atoms with Gasteiger partial charge in [-0.3, -0.25) is 0 Å². The van der Waals surface area contributed by atoms with Gasteiger partial charge < -0.3 is 14.5 Å². The van der Waals surface area contributed by atoms with E-state index in [1.807, 2.05) is 12.1 Å². The second-order valence-corrected chi connectivity index (χ2v) is 6.54. The van der Waals surface area contributed by atoms with E-state index in [1.54, 1.807) is 18.1 Å². The third-order valence-electron chi connectivity index (χ3n) is 5.17. The van der Waals surface area contributed by atoms with Crippen molar-refractivity contribution in [3.8, 4) is 5.75 Å². The fourth-order valence-corrected chi connectivity index (χ4v) is 3.48. The van der Waals surface area contributed by atoms with E-state index in [4.69, 9.17) is 4.74 Å². The molecule has 0 aliphatic carbocycles. The third-order valence-corrected chi connectivity index (χ3v) is 5.17. The Kier molecular flexibility index (Phi) is 5.05. The summed E-state index contributed by atoms with van der Waals surface area (Å²) in [7, 11) is 1.72. The Hall–Kier alpha value is -2.07. The number of quaternary nitrogens is 1. The zero-order valence-electron chi connectivity index (χ0n) is 14.7. The highest BCUT2D eigenvalue weighted by Gasteiger charge is 2.22. The van der Waals surface area contributed by atoms with Crippen LogP contribution >= 0.6 is 0 Å². The zero-order chi connectivity index (χ0) is 17.1. The Labute approximate surface area is 143 Å². The Morgan fingerprint density at radius 2 is 1.75 bits per heavy atom. The lowest BCUT2D eigenvalue weighted by Gasteiger charge is -2.34. The summed E-state index contributed by atoms with van der Waals surface area (Å²) in [5.74, 6) is 0.832. The normalized spacial score (nSPS) is 15.6. The molecule has 1 aliphatic rings. The number of piperazine rings is 1. The van der Waals surface area contributed by atoms with Gasteiger partial charge in [0.25, 0.3) is 0 Å². The topological polar surface area (TPSA) is 16.9 Å². The minimum atomic E-state index is -0.123. The Morgan fingerprint density at radius 3 is 2.42 bits per heavy atom. The van der Waals surface area contributed by atoms with Crippen molar-refractivity contribution >= 4 is 5.69 Å². The van der Waals surface area contributed by atoms with Crippen LogP contribution in [-0.2, 0) is 6.54 Å². The van der Waals surface area contributed by atoms with Gasteiger partial charge in [0.2, 0.25) is 0 Å². The lowest BCUT2D eigenvalue weighted by atomic mass is 10.0. The summed E-state index contributed by atoms with van der Waals surface area (Å²) >= 11 is 0. The summed E-state index contributed by atoms with van der Waals surface area (Å²) in [6.07, 6.45) is 0. The molecular weight excluding hydrogens is 303 g/mol. The average molecular weight is 329 g/mol. The number of benzene rings is 2. The molecule has 0 unspecified atom stereocenters. The monoisotopic (exact) mass is 329 g/mol. The second kappa shape index (κ2) is 7.22. The van der Waals surface area contributed by atoms with Crippen LogP contribution in [-0.4, -0.2) is 33.3 Å². The predicted octanol–water partition coefficient (Wildman–Crippen LogP) is 2.36. The summed E-state index contributed by atoms with van der Waals surface area (Å²) in [6, 6.07) is 11.3. The molecule has 1 fully saturated rings. The Bertz CT molecular complexity index is 709. The van der Waals surface area contributed by atoms with Crippen molar-refractivity contribution in [1.29, 1.82) is 0 Å². The summed E-state index contributed by atoms with van der Waals surface area (Å²) in [6.45, 7) is 9.14.